The molecule has 14 unspecified atom stereocenters. The van der Waals surface area contributed by atoms with Gasteiger partial charge in [-0.25, -0.2) is 14.4 Å². The molecule has 342 valence electrons. The summed E-state index contributed by atoms with van der Waals surface area (Å²) in [7, 11) is 1.34. The SMILES string of the molecule is COc1cc(O)cc(C)c1C(=O)OC1C(C)OC(OC2CC(C)=CC3C2CC(C)C2/C(C)=C\CC/C(C)=C/C4(C)C=C(C(=O)O)C(C)CC45OC(=O)C(=C(O)C32C)C5=O)C(O)C1O. The summed E-state index contributed by atoms with van der Waals surface area (Å²) < 4.78 is 30.1. The molecule has 0 amide bonds. The number of ether oxygens (including phenoxy) is 5. The van der Waals surface area contributed by atoms with Gasteiger partial charge in [0, 0.05) is 23.5 Å². The molecule has 1 aromatic rings. The molecule has 14 atom stereocenters. The van der Waals surface area contributed by atoms with Gasteiger partial charge in [-0.1, -0.05) is 61.8 Å². The summed E-state index contributed by atoms with van der Waals surface area (Å²) >= 11 is 0. The highest BCUT2D eigenvalue weighted by atomic mass is 16.7. The lowest BCUT2D eigenvalue weighted by molar-refractivity contribution is -0.310. The molecule has 1 spiro atoms. The maximum absolute atomic E-state index is 15.1. The number of rotatable bonds is 6. The minimum Gasteiger partial charge on any atom is -0.511 e. The second kappa shape index (κ2) is 16.7. The number of methoxy groups -OCH3 is 1. The van der Waals surface area contributed by atoms with Crippen LogP contribution in [0.15, 0.2) is 70.1 Å². The molecule has 3 fully saturated rings. The Morgan fingerprint density at radius 2 is 1.65 bits per heavy atom. The summed E-state index contributed by atoms with van der Waals surface area (Å²) in [6, 6.07) is 2.65. The lowest BCUT2D eigenvalue weighted by atomic mass is 9.48. The zero-order valence-corrected chi connectivity index (χ0v) is 37.8. The number of carbonyl (C=O) groups excluding carboxylic acids is 3. The van der Waals surface area contributed by atoms with Gasteiger partial charge in [-0.2, -0.15) is 0 Å². The van der Waals surface area contributed by atoms with Crippen molar-refractivity contribution in [1.82, 2.24) is 0 Å². The Hall–Kier alpha value is -4.76. The van der Waals surface area contributed by atoms with Crippen LogP contribution in [-0.4, -0.2) is 98.7 Å². The molecule has 2 heterocycles. The Kier molecular flexibility index (Phi) is 12.2. The Morgan fingerprint density at radius 3 is 2.32 bits per heavy atom. The highest BCUT2D eigenvalue weighted by Crippen LogP contribution is 2.62. The van der Waals surface area contributed by atoms with Crippen molar-refractivity contribution in [1.29, 1.82) is 0 Å². The highest BCUT2D eigenvalue weighted by Gasteiger charge is 2.67. The lowest BCUT2D eigenvalue weighted by Crippen LogP contribution is -2.60. The Bertz CT molecular complexity index is 2250. The van der Waals surface area contributed by atoms with E-state index in [4.69, 9.17) is 23.7 Å². The van der Waals surface area contributed by atoms with Crippen LogP contribution in [0.5, 0.6) is 11.5 Å². The number of aliphatic hydroxyl groups excluding tert-OH is 3. The standard InChI is InChI=1S/C49H62O14/c1-22-12-11-13-24(3)37-26(5)17-30-32(48(37,9)41(53)36-42(54)49(63-45(36)58)20-27(6)31(43(55)56)21-47(49,8)19-22)14-23(2)15-33(30)61-46-39(52)38(51)40(28(7)60-46)62-44(57)35-25(4)16-29(50)18-34(35)59-10/h13-14,16,18-19,21,26-28,30,32-33,37-40,46,50-53H,11-12,15,17,20H2,1-10H3,(H,55,56)/b22-19+,24-13-,41-36?. The number of hydrogen-bond acceptors (Lipinski definition) is 13. The number of Topliss-reactive ketones (excluding diaryl/α,β-unsaturated/α-hetero) is 1. The highest BCUT2D eigenvalue weighted by molar-refractivity contribution is 6.26. The quantitative estimate of drug-likeness (QED) is 0.114. The average Bonchev–Trinajstić information content (AvgIpc) is 3.44. The number of ketones is 1. The number of fused-ring (bicyclic) bond motifs is 4. The molecule has 2 bridgehead atoms. The van der Waals surface area contributed by atoms with E-state index >= 15 is 4.79 Å². The smallest absolute Gasteiger partial charge is 0.346 e. The number of allylic oxidation sites excluding steroid dienone is 5. The van der Waals surface area contributed by atoms with Crippen LogP contribution in [0, 0.1) is 47.3 Å². The predicted molar refractivity (Wildman–Crippen MR) is 228 cm³/mol. The van der Waals surface area contributed by atoms with E-state index in [0.717, 1.165) is 16.7 Å². The number of aliphatic carboxylic acids is 1. The van der Waals surface area contributed by atoms with Gasteiger partial charge < -0.3 is 49.2 Å². The van der Waals surface area contributed by atoms with E-state index in [9.17, 15) is 39.9 Å². The van der Waals surface area contributed by atoms with Gasteiger partial charge in [0.2, 0.25) is 5.78 Å². The van der Waals surface area contributed by atoms with Gasteiger partial charge in [-0.15, -0.1) is 0 Å². The first kappa shape index (κ1) is 46.2. The number of benzene rings is 1. The molecule has 0 aromatic heterocycles. The van der Waals surface area contributed by atoms with Crippen LogP contribution in [0.1, 0.15) is 103 Å². The number of aromatic hydroxyl groups is 1. The molecule has 5 N–H and O–H groups in total. The number of carbonyl (C=O) groups is 4. The van der Waals surface area contributed by atoms with Crippen LogP contribution < -0.4 is 4.74 Å². The molecule has 14 heteroatoms. The molecule has 2 saturated heterocycles. The molecule has 2 aliphatic heterocycles. The number of esters is 2. The van der Waals surface area contributed by atoms with Gasteiger partial charge in [-0.05, 0) is 108 Å². The van der Waals surface area contributed by atoms with Crippen LogP contribution >= 0.6 is 0 Å². The van der Waals surface area contributed by atoms with Crippen LogP contribution in [-0.2, 0) is 33.3 Å². The van der Waals surface area contributed by atoms with Crippen molar-refractivity contribution in [3.8, 4) is 11.5 Å². The van der Waals surface area contributed by atoms with E-state index < -0.39 is 94.3 Å². The van der Waals surface area contributed by atoms with Crippen LogP contribution in [0.2, 0.25) is 0 Å². The van der Waals surface area contributed by atoms with Crippen molar-refractivity contribution >= 4 is 23.7 Å². The summed E-state index contributed by atoms with van der Waals surface area (Å²) in [5.74, 6) is -5.98. The maximum atomic E-state index is 15.1. The number of phenolic OH excluding ortho intramolecular Hbond substituents is 1. The molecular weight excluding hydrogens is 813 g/mol. The second-order valence-corrected chi connectivity index (χ2v) is 19.5. The zero-order chi connectivity index (χ0) is 46.2. The summed E-state index contributed by atoms with van der Waals surface area (Å²) in [6.45, 7) is 16.4. The Labute approximate surface area is 368 Å². The van der Waals surface area contributed by atoms with Crippen molar-refractivity contribution in [2.75, 3.05) is 7.11 Å². The first-order chi connectivity index (χ1) is 29.5. The number of phenols is 1. The Morgan fingerprint density at radius 1 is 0.952 bits per heavy atom. The minimum atomic E-state index is -1.80. The van der Waals surface area contributed by atoms with Crippen LogP contribution in [0.3, 0.4) is 0 Å². The van der Waals surface area contributed by atoms with E-state index in [1.807, 2.05) is 33.8 Å². The summed E-state index contributed by atoms with van der Waals surface area (Å²) in [5, 5.41) is 56.1. The van der Waals surface area contributed by atoms with E-state index in [2.05, 4.69) is 19.1 Å². The topological polar surface area (TPSA) is 216 Å². The fourth-order valence-electron chi connectivity index (χ4n) is 12.2. The summed E-state index contributed by atoms with van der Waals surface area (Å²) in [6.07, 6.45) is 2.29. The van der Waals surface area contributed by atoms with Crippen molar-refractivity contribution in [2.45, 2.75) is 137 Å². The molecule has 4 aliphatic carbocycles. The third kappa shape index (κ3) is 7.54. The number of aryl methyl sites for hydroxylation is 1. The molecular formula is C49H62O14. The third-order valence-corrected chi connectivity index (χ3v) is 15.1. The summed E-state index contributed by atoms with van der Waals surface area (Å²) in [4.78, 5) is 55.3. The van der Waals surface area contributed by atoms with E-state index in [1.54, 1.807) is 27.7 Å². The van der Waals surface area contributed by atoms with Crippen molar-refractivity contribution in [3.63, 3.8) is 0 Å². The third-order valence-electron chi connectivity index (χ3n) is 15.1. The molecule has 7 rings (SSSR count). The van der Waals surface area contributed by atoms with Crippen LogP contribution in [0.25, 0.3) is 0 Å². The zero-order valence-electron chi connectivity index (χ0n) is 37.8. The molecule has 0 radical (unpaired) electrons. The molecule has 1 saturated carbocycles. The fourth-order valence-corrected chi connectivity index (χ4v) is 12.2. The van der Waals surface area contributed by atoms with Crippen LogP contribution in [0.4, 0.5) is 0 Å². The van der Waals surface area contributed by atoms with Gasteiger partial charge in [-0.3, -0.25) is 4.79 Å². The van der Waals surface area contributed by atoms with Crippen molar-refractivity contribution < 1.29 is 68.4 Å². The van der Waals surface area contributed by atoms with Gasteiger partial charge in [0.25, 0.3) is 0 Å². The normalized spacial score (nSPS) is 41.0. The summed E-state index contributed by atoms with van der Waals surface area (Å²) in [5.41, 5.74) is -1.50. The molecule has 63 heavy (non-hydrogen) atoms. The van der Waals surface area contributed by atoms with Gasteiger partial charge in [0.05, 0.1) is 24.7 Å². The second-order valence-electron chi connectivity index (χ2n) is 19.5. The molecule has 1 aromatic carbocycles. The number of carboxylic acid groups (broad SMARTS) is 1. The number of carboxylic acids is 1. The maximum Gasteiger partial charge on any atom is 0.346 e. The van der Waals surface area contributed by atoms with Gasteiger partial charge >= 0.3 is 17.9 Å². The Balaban J connectivity index is 1.24. The van der Waals surface area contributed by atoms with E-state index in [1.165, 1.54) is 25.3 Å². The molecule has 6 aliphatic rings. The number of aliphatic hydroxyl groups is 3. The van der Waals surface area contributed by atoms with E-state index in [0.29, 0.717) is 31.2 Å². The molecule has 14 nitrogen and oxygen atoms in total. The van der Waals surface area contributed by atoms with Gasteiger partial charge in [0.1, 0.15) is 40.6 Å². The number of hydrogen-bond donors (Lipinski definition) is 5. The first-order valence-corrected chi connectivity index (χ1v) is 21.9. The lowest BCUT2D eigenvalue weighted by Gasteiger charge is -2.56. The monoisotopic (exact) mass is 874 g/mol. The van der Waals surface area contributed by atoms with Crippen molar-refractivity contribution in [3.05, 3.63) is 81.2 Å². The first-order valence-electron chi connectivity index (χ1n) is 21.9. The largest absolute Gasteiger partial charge is 0.511 e. The van der Waals surface area contributed by atoms with Crippen molar-refractivity contribution in [2.24, 2.45) is 40.4 Å². The van der Waals surface area contributed by atoms with Gasteiger partial charge in [0.15, 0.2) is 18.0 Å². The van der Waals surface area contributed by atoms with E-state index in [-0.39, 0.29) is 52.6 Å². The predicted octanol–water partition coefficient (Wildman–Crippen LogP) is 6.75. The fraction of sp³-hybridized carbons (Fsp3) is 0.592. The minimum absolute atomic E-state index is 0.0443. The average molecular weight is 875 g/mol.